The second kappa shape index (κ2) is 8.18. The van der Waals surface area contributed by atoms with Gasteiger partial charge in [0.05, 0.1) is 11.2 Å². The van der Waals surface area contributed by atoms with E-state index in [-0.39, 0.29) is 5.91 Å². The molecule has 0 atom stereocenters. The first kappa shape index (κ1) is 17.5. The van der Waals surface area contributed by atoms with Gasteiger partial charge in [0, 0.05) is 43.3 Å². The van der Waals surface area contributed by atoms with Crippen molar-refractivity contribution in [2.24, 2.45) is 0 Å². The number of benzene rings is 1. The van der Waals surface area contributed by atoms with Crippen molar-refractivity contribution >= 4 is 23.1 Å². The number of amides is 1. The highest BCUT2D eigenvalue weighted by Gasteiger charge is 2.23. The Morgan fingerprint density at radius 1 is 1.07 bits per heavy atom. The van der Waals surface area contributed by atoms with Gasteiger partial charge in [0.15, 0.2) is 0 Å². The molecule has 6 nitrogen and oxygen atoms in total. The van der Waals surface area contributed by atoms with Gasteiger partial charge in [0.2, 0.25) is 0 Å². The van der Waals surface area contributed by atoms with Crippen molar-refractivity contribution in [1.82, 2.24) is 14.9 Å². The summed E-state index contributed by atoms with van der Waals surface area (Å²) in [5, 5.41) is 1.95. The molecule has 0 unspecified atom stereocenters. The Morgan fingerprint density at radius 2 is 1.96 bits per heavy atom. The summed E-state index contributed by atoms with van der Waals surface area (Å²) in [5.41, 5.74) is 3.32. The van der Waals surface area contributed by atoms with Crippen LogP contribution >= 0.6 is 11.3 Å². The summed E-state index contributed by atoms with van der Waals surface area (Å²) in [7, 11) is 0. The number of piperazine rings is 1. The molecule has 1 saturated heterocycles. The number of carbonyl (C=O) groups excluding carboxylic acids is 1. The Bertz CT molecular complexity index is 878. The van der Waals surface area contributed by atoms with Crippen LogP contribution in [0.3, 0.4) is 0 Å². The molecule has 138 valence electrons. The lowest BCUT2D eigenvalue weighted by molar-refractivity contribution is 0.0746. The lowest BCUT2D eigenvalue weighted by Crippen LogP contribution is -2.49. The molecule has 2 aromatic heterocycles. The first-order valence-electron chi connectivity index (χ1n) is 8.85. The smallest absolute Gasteiger partial charge is 0.254 e. The summed E-state index contributed by atoms with van der Waals surface area (Å²) >= 11 is 1.54. The van der Waals surface area contributed by atoms with Gasteiger partial charge in [-0.1, -0.05) is 12.1 Å². The van der Waals surface area contributed by atoms with Crippen LogP contribution in [-0.2, 0) is 6.61 Å². The van der Waals surface area contributed by atoms with Crippen LogP contribution in [0.2, 0.25) is 0 Å². The van der Waals surface area contributed by atoms with E-state index in [1.165, 1.54) is 11.3 Å². The zero-order valence-corrected chi connectivity index (χ0v) is 15.6. The zero-order valence-electron chi connectivity index (χ0n) is 14.8. The van der Waals surface area contributed by atoms with E-state index in [4.69, 9.17) is 4.74 Å². The quantitative estimate of drug-likeness (QED) is 0.681. The number of rotatable bonds is 5. The number of hydrogen-bond donors (Lipinski definition) is 0. The molecule has 0 bridgehead atoms. The van der Waals surface area contributed by atoms with E-state index in [2.05, 4.69) is 14.9 Å². The maximum Gasteiger partial charge on any atom is 0.254 e. The fourth-order valence-corrected chi connectivity index (χ4v) is 3.59. The fourth-order valence-electron chi connectivity index (χ4n) is 3.05. The van der Waals surface area contributed by atoms with Crippen molar-refractivity contribution in [1.29, 1.82) is 0 Å². The topological polar surface area (TPSA) is 58.6 Å². The van der Waals surface area contributed by atoms with Crippen LogP contribution < -0.4 is 9.64 Å². The molecule has 1 amide bonds. The summed E-state index contributed by atoms with van der Waals surface area (Å²) in [5.74, 6) is 1.68. The maximum atomic E-state index is 12.9. The summed E-state index contributed by atoms with van der Waals surface area (Å²) in [6, 6.07) is 13.3. The molecule has 27 heavy (non-hydrogen) atoms. The summed E-state index contributed by atoms with van der Waals surface area (Å²) in [6.45, 7) is 3.33. The first-order valence-corrected chi connectivity index (χ1v) is 9.79. The third-order valence-corrected chi connectivity index (χ3v) is 5.13. The summed E-state index contributed by atoms with van der Waals surface area (Å²) in [6.07, 6.45) is 1.80. The molecular weight excluding hydrogens is 360 g/mol. The minimum atomic E-state index is 0.0368. The van der Waals surface area contributed by atoms with E-state index in [1.807, 2.05) is 46.7 Å². The van der Waals surface area contributed by atoms with Crippen LogP contribution in [0.4, 0.5) is 5.82 Å². The van der Waals surface area contributed by atoms with Crippen molar-refractivity contribution in [3.05, 3.63) is 70.8 Å². The number of carbonyl (C=O) groups is 1. The number of aromatic nitrogens is 2. The Morgan fingerprint density at radius 3 is 2.70 bits per heavy atom. The molecule has 1 aliphatic heterocycles. The molecule has 3 heterocycles. The van der Waals surface area contributed by atoms with Gasteiger partial charge < -0.3 is 14.5 Å². The van der Waals surface area contributed by atoms with Gasteiger partial charge >= 0.3 is 0 Å². The van der Waals surface area contributed by atoms with Gasteiger partial charge in [0.25, 0.3) is 5.91 Å². The molecule has 3 aromatic rings. The van der Waals surface area contributed by atoms with Gasteiger partial charge in [0.1, 0.15) is 18.2 Å². The van der Waals surface area contributed by atoms with E-state index >= 15 is 0 Å². The standard InChI is InChI=1S/C20H20N4O2S/c25-20(24-10-8-23(9-11-24)19-6-1-2-7-21-19)16-4-3-5-18(12-16)26-13-17-14-27-15-22-17/h1-7,12,14-15H,8-11,13H2. The summed E-state index contributed by atoms with van der Waals surface area (Å²) in [4.78, 5) is 25.5. The van der Waals surface area contributed by atoms with E-state index in [0.29, 0.717) is 31.0 Å². The van der Waals surface area contributed by atoms with Crippen LogP contribution in [-0.4, -0.2) is 47.0 Å². The normalized spacial score (nSPS) is 14.2. The van der Waals surface area contributed by atoms with Crippen molar-refractivity contribution < 1.29 is 9.53 Å². The van der Waals surface area contributed by atoms with Gasteiger partial charge in [-0.2, -0.15) is 0 Å². The monoisotopic (exact) mass is 380 g/mol. The second-order valence-electron chi connectivity index (χ2n) is 6.26. The predicted octanol–water partition coefficient (Wildman–Crippen LogP) is 3.08. The fraction of sp³-hybridized carbons (Fsp3) is 0.250. The highest BCUT2D eigenvalue weighted by atomic mass is 32.1. The maximum absolute atomic E-state index is 12.9. The molecule has 1 aliphatic rings. The van der Waals surface area contributed by atoms with Crippen molar-refractivity contribution in [3.63, 3.8) is 0 Å². The van der Waals surface area contributed by atoms with Crippen LogP contribution in [0, 0.1) is 0 Å². The molecule has 1 aromatic carbocycles. The SMILES string of the molecule is O=C(c1cccc(OCc2cscn2)c1)N1CCN(c2ccccn2)CC1. The highest BCUT2D eigenvalue weighted by Crippen LogP contribution is 2.19. The Balaban J connectivity index is 1.36. The van der Waals surface area contributed by atoms with Crippen molar-refractivity contribution in [3.8, 4) is 5.75 Å². The van der Waals surface area contributed by atoms with Gasteiger partial charge in [-0.15, -0.1) is 11.3 Å². The first-order chi connectivity index (χ1) is 13.3. The number of ether oxygens (including phenoxy) is 1. The van der Waals surface area contributed by atoms with Crippen LogP contribution in [0.1, 0.15) is 16.1 Å². The van der Waals surface area contributed by atoms with E-state index in [9.17, 15) is 4.79 Å². The Labute approximate surface area is 162 Å². The minimum Gasteiger partial charge on any atom is -0.487 e. The number of thiazole rings is 1. The van der Waals surface area contributed by atoms with Gasteiger partial charge in [-0.3, -0.25) is 4.79 Å². The minimum absolute atomic E-state index is 0.0368. The average molecular weight is 380 g/mol. The van der Waals surface area contributed by atoms with E-state index in [0.717, 1.165) is 24.6 Å². The largest absolute Gasteiger partial charge is 0.487 e. The molecule has 0 radical (unpaired) electrons. The third kappa shape index (κ3) is 4.25. The van der Waals surface area contributed by atoms with Gasteiger partial charge in [-0.25, -0.2) is 9.97 Å². The van der Waals surface area contributed by atoms with Crippen LogP contribution in [0.5, 0.6) is 5.75 Å². The van der Waals surface area contributed by atoms with Crippen LogP contribution in [0.25, 0.3) is 0 Å². The molecule has 7 heteroatoms. The molecular formula is C20H20N4O2S. The molecule has 0 aliphatic carbocycles. The third-order valence-electron chi connectivity index (χ3n) is 4.49. The van der Waals surface area contributed by atoms with Crippen molar-refractivity contribution in [2.75, 3.05) is 31.1 Å². The lowest BCUT2D eigenvalue weighted by Gasteiger charge is -2.35. The lowest BCUT2D eigenvalue weighted by atomic mass is 10.1. The Kier molecular flexibility index (Phi) is 5.29. The molecule has 0 spiro atoms. The molecule has 1 fully saturated rings. The molecule has 0 saturated carbocycles. The zero-order chi connectivity index (χ0) is 18.5. The highest BCUT2D eigenvalue weighted by molar-refractivity contribution is 7.07. The number of nitrogens with zero attached hydrogens (tertiary/aromatic N) is 4. The molecule has 4 rings (SSSR count). The van der Waals surface area contributed by atoms with Gasteiger partial charge in [-0.05, 0) is 30.3 Å². The molecule has 0 N–H and O–H groups in total. The summed E-state index contributed by atoms with van der Waals surface area (Å²) < 4.78 is 5.76. The van der Waals surface area contributed by atoms with E-state index in [1.54, 1.807) is 17.8 Å². The second-order valence-corrected chi connectivity index (χ2v) is 6.98. The van der Waals surface area contributed by atoms with E-state index < -0.39 is 0 Å². The van der Waals surface area contributed by atoms with Crippen molar-refractivity contribution in [2.45, 2.75) is 6.61 Å². The Hall–Kier alpha value is -2.93. The number of pyridine rings is 1. The predicted molar refractivity (Wildman–Crippen MR) is 105 cm³/mol. The van der Waals surface area contributed by atoms with Crippen LogP contribution in [0.15, 0.2) is 59.6 Å². The number of anilines is 1. The number of hydrogen-bond acceptors (Lipinski definition) is 6. The average Bonchev–Trinajstić information content (AvgIpc) is 3.26.